The van der Waals surface area contributed by atoms with Crippen LogP contribution in [0.1, 0.15) is 36.5 Å². The molecule has 0 radical (unpaired) electrons. The lowest BCUT2D eigenvalue weighted by molar-refractivity contribution is -0.0153. The van der Waals surface area contributed by atoms with Crippen molar-refractivity contribution in [3.63, 3.8) is 0 Å². The first kappa shape index (κ1) is 13.8. The van der Waals surface area contributed by atoms with Crippen LogP contribution in [0.15, 0.2) is 36.4 Å². The van der Waals surface area contributed by atoms with Crippen LogP contribution in [0, 0.1) is 0 Å². The van der Waals surface area contributed by atoms with Crippen molar-refractivity contribution in [1.29, 1.82) is 0 Å². The van der Waals surface area contributed by atoms with Gasteiger partial charge in [-0.2, -0.15) is 0 Å². The van der Waals surface area contributed by atoms with Gasteiger partial charge < -0.3 is 4.74 Å². The number of ketones is 1. The molecule has 0 aromatic heterocycles. The summed E-state index contributed by atoms with van der Waals surface area (Å²) in [6.45, 7) is 5.16. The molecule has 0 saturated carbocycles. The van der Waals surface area contributed by atoms with E-state index in [-0.39, 0.29) is 11.4 Å². The number of hydrogen-bond donors (Lipinski definition) is 0. The molecule has 2 aromatic rings. The number of carbonyl (C=O) groups is 1. The third-order valence-electron chi connectivity index (χ3n) is 5.05. The Morgan fingerprint density at radius 3 is 2.95 bits per heavy atom. The SMILES string of the molecule is CCN1CCC[C@@]2(CC(=O)c3ccc4ccccc4c3O2)C1. The third-order valence-corrected chi connectivity index (χ3v) is 5.05. The van der Waals surface area contributed by atoms with E-state index in [4.69, 9.17) is 4.74 Å². The number of hydrogen-bond acceptors (Lipinski definition) is 3. The first-order valence-electron chi connectivity index (χ1n) is 8.17. The number of benzene rings is 2. The van der Waals surface area contributed by atoms with Crippen molar-refractivity contribution in [3.05, 3.63) is 42.0 Å². The van der Waals surface area contributed by atoms with Crippen LogP contribution in [0.5, 0.6) is 5.75 Å². The zero-order valence-electron chi connectivity index (χ0n) is 13.0. The largest absolute Gasteiger partial charge is 0.484 e. The van der Waals surface area contributed by atoms with Gasteiger partial charge in [0.2, 0.25) is 0 Å². The molecular weight excluding hydrogens is 274 g/mol. The molecule has 3 heteroatoms. The van der Waals surface area contributed by atoms with Gasteiger partial charge >= 0.3 is 0 Å². The smallest absolute Gasteiger partial charge is 0.170 e. The van der Waals surface area contributed by atoms with Crippen LogP contribution in [0.2, 0.25) is 0 Å². The van der Waals surface area contributed by atoms with Gasteiger partial charge in [0.25, 0.3) is 0 Å². The second-order valence-corrected chi connectivity index (χ2v) is 6.52. The van der Waals surface area contributed by atoms with Crippen molar-refractivity contribution in [3.8, 4) is 5.75 Å². The highest BCUT2D eigenvalue weighted by Crippen LogP contribution is 2.42. The van der Waals surface area contributed by atoms with Crippen molar-refractivity contribution < 1.29 is 9.53 Å². The second-order valence-electron chi connectivity index (χ2n) is 6.52. The topological polar surface area (TPSA) is 29.5 Å². The van der Waals surface area contributed by atoms with Crippen molar-refractivity contribution in [2.24, 2.45) is 0 Å². The average Bonchev–Trinajstić information content (AvgIpc) is 2.54. The summed E-state index contributed by atoms with van der Waals surface area (Å²) in [4.78, 5) is 15.1. The van der Waals surface area contributed by atoms with Gasteiger partial charge in [-0.15, -0.1) is 0 Å². The highest BCUT2D eigenvalue weighted by Gasteiger charge is 2.43. The second kappa shape index (κ2) is 5.10. The summed E-state index contributed by atoms with van der Waals surface area (Å²) in [6.07, 6.45) is 2.58. The van der Waals surface area contributed by atoms with Gasteiger partial charge in [0.1, 0.15) is 11.4 Å². The number of likely N-dealkylation sites (tertiary alicyclic amines) is 1. The first-order chi connectivity index (χ1) is 10.7. The van der Waals surface area contributed by atoms with Crippen LogP contribution in [-0.2, 0) is 0 Å². The van der Waals surface area contributed by atoms with Gasteiger partial charge in [-0.1, -0.05) is 37.3 Å². The lowest BCUT2D eigenvalue weighted by Crippen LogP contribution is -2.54. The maximum atomic E-state index is 12.7. The Hall–Kier alpha value is -1.87. The fraction of sp³-hybridized carbons (Fsp3) is 0.421. The maximum absolute atomic E-state index is 12.7. The molecule has 0 aliphatic carbocycles. The fourth-order valence-corrected chi connectivity index (χ4v) is 3.90. The van der Waals surface area contributed by atoms with Crippen molar-refractivity contribution in [2.75, 3.05) is 19.6 Å². The summed E-state index contributed by atoms with van der Waals surface area (Å²) in [6, 6.07) is 12.1. The van der Waals surface area contributed by atoms with Crippen LogP contribution in [0.3, 0.4) is 0 Å². The molecule has 3 nitrogen and oxygen atoms in total. The predicted octanol–water partition coefficient (Wildman–Crippen LogP) is 3.66. The van der Waals surface area contributed by atoms with E-state index in [9.17, 15) is 4.79 Å². The van der Waals surface area contributed by atoms with Gasteiger partial charge in [0.15, 0.2) is 5.78 Å². The Kier molecular flexibility index (Phi) is 3.19. The molecule has 2 aliphatic rings. The molecule has 4 rings (SSSR count). The standard InChI is InChI=1S/C19H21NO2/c1-2-20-11-5-10-19(13-20)12-17(21)16-9-8-14-6-3-4-7-15(14)18(16)22-19/h3-4,6-9H,2,5,10-13H2,1H3/t19-/m1/s1. The molecule has 0 unspecified atom stereocenters. The number of ether oxygens (including phenoxy) is 1. The molecule has 1 atom stereocenters. The van der Waals surface area contributed by atoms with Gasteiger partial charge in [-0.3, -0.25) is 9.69 Å². The van der Waals surface area contributed by atoms with E-state index < -0.39 is 0 Å². The van der Waals surface area contributed by atoms with Gasteiger partial charge in [-0.05, 0) is 37.4 Å². The van der Waals surface area contributed by atoms with Gasteiger partial charge in [-0.25, -0.2) is 0 Å². The Balaban J connectivity index is 1.81. The van der Waals surface area contributed by atoms with Crippen LogP contribution >= 0.6 is 0 Å². The summed E-state index contributed by atoms with van der Waals surface area (Å²) in [5.74, 6) is 1.03. The summed E-state index contributed by atoms with van der Waals surface area (Å²) in [7, 11) is 0. The first-order valence-corrected chi connectivity index (χ1v) is 8.17. The normalized spacial score (nSPS) is 25.2. The number of carbonyl (C=O) groups excluding carboxylic acids is 1. The van der Waals surface area contributed by atoms with Crippen molar-refractivity contribution >= 4 is 16.6 Å². The number of rotatable bonds is 1. The van der Waals surface area contributed by atoms with Gasteiger partial charge in [0.05, 0.1) is 12.0 Å². The number of likely N-dealkylation sites (N-methyl/N-ethyl adjacent to an activating group) is 1. The monoisotopic (exact) mass is 295 g/mol. The zero-order chi connectivity index (χ0) is 15.2. The molecule has 2 aromatic carbocycles. The molecule has 1 saturated heterocycles. The minimum Gasteiger partial charge on any atom is -0.484 e. The summed E-state index contributed by atoms with van der Waals surface area (Å²) >= 11 is 0. The highest BCUT2D eigenvalue weighted by molar-refractivity contribution is 6.06. The Morgan fingerprint density at radius 2 is 2.09 bits per heavy atom. The molecule has 2 heterocycles. The average molecular weight is 295 g/mol. The summed E-state index contributed by atoms with van der Waals surface area (Å²) in [5, 5.41) is 2.19. The minimum atomic E-state index is -0.331. The Morgan fingerprint density at radius 1 is 1.23 bits per heavy atom. The number of piperidine rings is 1. The van der Waals surface area contributed by atoms with Crippen molar-refractivity contribution in [2.45, 2.75) is 31.8 Å². The highest BCUT2D eigenvalue weighted by atomic mass is 16.5. The van der Waals surface area contributed by atoms with E-state index in [1.54, 1.807) is 0 Å². The van der Waals surface area contributed by atoms with Crippen LogP contribution in [0.25, 0.3) is 10.8 Å². The van der Waals surface area contributed by atoms with Crippen molar-refractivity contribution in [1.82, 2.24) is 4.90 Å². The van der Waals surface area contributed by atoms with Crippen LogP contribution in [-0.4, -0.2) is 35.9 Å². The molecule has 0 N–H and O–H groups in total. The van der Waals surface area contributed by atoms with Crippen LogP contribution in [0.4, 0.5) is 0 Å². The molecular formula is C19H21NO2. The lowest BCUT2D eigenvalue weighted by Gasteiger charge is -2.44. The van der Waals surface area contributed by atoms with Gasteiger partial charge in [0, 0.05) is 11.9 Å². The zero-order valence-corrected chi connectivity index (χ0v) is 13.0. The Bertz CT molecular complexity index is 739. The molecule has 1 spiro atoms. The van der Waals surface area contributed by atoms with Crippen LogP contribution < -0.4 is 4.74 Å². The summed E-state index contributed by atoms with van der Waals surface area (Å²) in [5.41, 5.74) is 0.417. The molecule has 0 amide bonds. The number of nitrogens with zero attached hydrogens (tertiary/aromatic N) is 1. The van der Waals surface area contributed by atoms with E-state index in [2.05, 4.69) is 24.0 Å². The number of Topliss-reactive ketones (excluding diaryl/α,β-unsaturated/α-hetero) is 1. The molecule has 114 valence electrons. The fourth-order valence-electron chi connectivity index (χ4n) is 3.90. The summed E-state index contributed by atoms with van der Waals surface area (Å²) < 4.78 is 6.51. The van der Waals surface area contributed by atoms with E-state index in [0.29, 0.717) is 6.42 Å². The number of fused-ring (bicyclic) bond motifs is 3. The lowest BCUT2D eigenvalue weighted by atomic mass is 9.83. The molecule has 2 aliphatic heterocycles. The van der Waals surface area contributed by atoms with E-state index in [1.165, 1.54) is 0 Å². The Labute approximate surface area is 130 Å². The maximum Gasteiger partial charge on any atom is 0.170 e. The third kappa shape index (κ3) is 2.12. The molecule has 22 heavy (non-hydrogen) atoms. The molecule has 0 bridgehead atoms. The van der Waals surface area contributed by atoms with E-state index in [0.717, 1.165) is 54.6 Å². The molecule has 1 fully saturated rings. The van der Waals surface area contributed by atoms with E-state index in [1.807, 2.05) is 24.3 Å². The predicted molar refractivity (Wildman–Crippen MR) is 87.6 cm³/mol. The quantitative estimate of drug-likeness (QED) is 0.804. The minimum absolute atomic E-state index is 0.227. The van der Waals surface area contributed by atoms with E-state index >= 15 is 0 Å².